The minimum Gasteiger partial charge on any atom is -0.542 e. The van der Waals surface area contributed by atoms with Gasteiger partial charge in [0.1, 0.15) is 24.0 Å². The molecule has 10 heteroatoms. The van der Waals surface area contributed by atoms with E-state index in [9.17, 15) is 22.8 Å². The summed E-state index contributed by atoms with van der Waals surface area (Å²) in [5.41, 5.74) is 3.08. The van der Waals surface area contributed by atoms with E-state index < -0.39 is 12.1 Å². The number of alkyl halides is 3. The Bertz CT molecular complexity index is 1470. The highest BCUT2D eigenvalue weighted by Crippen LogP contribution is 2.24. The first kappa shape index (κ1) is 32.0. The number of unbranched alkanes of at least 4 members (excludes halogenated alkanes) is 2. The Morgan fingerprint density at radius 1 is 0.929 bits per heavy atom. The molecule has 1 atom stereocenters. The minimum absolute atomic E-state index is 0.00221. The highest BCUT2D eigenvalue weighted by Gasteiger charge is 2.29. The molecule has 3 aromatic carbocycles. The number of carboxylic acid groups (broad SMARTS) is 1. The number of carboxylic acids is 1. The molecule has 1 amide bonds. The standard InChI is InChI=1S/C30H33N3O2.C2HF3O2/c1-2-26(34)15-7-4-8-16-27(32-29(35)19-22-11-5-3-6-12-22)30-31-21-28(33-30)25-18-17-23-13-9-10-14-24(23)20-25;3-2(4,5)1(6)7/h3,5-6,9-14,17-18,20-21,27H,2,4,7-8,15-16,19H2,1H3,(H,31,33)(H,32,35);(H,6,7)/t27-;/m0./s1. The van der Waals surface area contributed by atoms with Gasteiger partial charge in [-0.1, -0.05) is 80.4 Å². The summed E-state index contributed by atoms with van der Waals surface area (Å²) in [7, 11) is 0. The number of hydrogen-bond acceptors (Lipinski definition) is 4. The van der Waals surface area contributed by atoms with Crippen molar-refractivity contribution in [3.8, 4) is 11.3 Å². The predicted octanol–water partition coefficient (Wildman–Crippen LogP) is 5.28. The first-order valence-corrected chi connectivity index (χ1v) is 13.8. The summed E-state index contributed by atoms with van der Waals surface area (Å²) < 4.78 is 31.5. The van der Waals surface area contributed by atoms with Crippen LogP contribution in [0.1, 0.15) is 62.9 Å². The zero-order valence-corrected chi connectivity index (χ0v) is 23.3. The number of amides is 1. The number of halogens is 3. The smallest absolute Gasteiger partial charge is 0.430 e. The van der Waals surface area contributed by atoms with Gasteiger partial charge < -0.3 is 15.2 Å². The number of benzene rings is 3. The van der Waals surface area contributed by atoms with Crippen LogP contribution in [0.5, 0.6) is 0 Å². The van der Waals surface area contributed by atoms with E-state index in [2.05, 4.69) is 45.6 Å². The van der Waals surface area contributed by atoms with Crippen LogP contribution in [0.2, 0.25) is 0 Å². The Balaban J connectivity index is 0.000000616. The van der Waals surface area contributed by atoms with Crippen LogP contribution >= 0.6 is 0 Å². The minimum atomic E-state index is -5.19. The number of hydrogen-bond donors (Lipinski definition) is 2. The van der Waals surface area contributed by atoms with E-state index in [0.717, 1.165) is 48.3 Å². The highest BCUT2D eigenvalue weighted by atomic mass is 19.4. The van der Waals surface area contributed by atoms with Crippen LogP contribution in [0.15, 0.2) is 79.0 Å². The number of aliphatic carboxylic acids is 1. The molecule has 0 spiro atoms. The van der Waals surface area contributed by atoms with Crippen LogP contribution in [-0.4, -0.2) is 28.8 Å². The predicted molar refractivity (Wildman–Crippen MR) is 151 cm³/mol. The third kappa shape index (κ3) is 10.2. The van der Waals surface area contributed by atoms with Crippen molar-refractivity contribution in [3.05, 3.63) is 90.4 Å². The second kappa shape index (κ2) is 15.5. The fourth-order valence-corrected chi connectivity index (χ4v) is 4.41. The molecule has 222 valence electrons. The Labute approximate surface area is 242 Å². The van der Waals surface area contributed by atoms with E-state index in [-0.39, 0.29) is 11.9 Å². The van der Waals surface area contributed by atoms with Crippen LogP contribution in [0.3, 0.4) is 0 Å². The van der Waals surface area contributed by atoms with E-state index in [1.54, 1.807) is 0 Å². The maximum absolute atomic E-state index is 12.9. The second-order valence-corrected chi connectivity index (χ2v) is 9.86. The molecule has 4 aromatic rings. The molecule has 0 fully saturated rings. The van der Waals surface area contributed by atoms with Crippen molar-refractivity contribution >= 4 is 28.4 Å². The van der Waals surface area contributed by atoms with Crippen molar-refractivity contribution < 1.29 is 37.6 Å². The summed E-state index contributed by atoms with van der Waals surface area (Å²) in [4.78, 5) is 40.1. The summed E-state index contributed by atoms with van der Waals surface area (Å²) in [5.74, 6) is -1.81. The third-order valence-corrected chi connectivity index (χ3v) is 6.67. The van der Waals surface area contributed by atoms with E-state index in [1.807, 2.05) is 55.6 Å². The molecule has 0 bridgehead atoms. The van der Waals surface area contributed by atoms with Crippen LogP contribution in [0.25, 0.3) is 22.0 Å². The Kier molecular flexibility index (Phi) is 11.8. The summed E-state index contributed by atoms with van der Waals surface area (Å²) in [6.07, 6.45) is 1.97. The van der Waals surface area contributed by atoms with Gasteiger partial charge in [-0.05, 0) is 41.3 Å². The summed E-state index contributed by atoms with van der Waals surface area (Å²) in [5, 5.41) is 14.4. The lowest BCUT2D eigenvalue weighted by Gasteiger charge is -2.14. The lowest BCUT2D eigenvalue weighted by atomic mass is 10.0. The summed E-state index contributed by atoms with van der Waals surface area (Å²) in [6, 6.07) is 24.4. The molecule has 7 nitrogen and oxygen atoms in total. The van der Waals surface area contributed by atoms with E-state index in [1.165, 1.54) is 10.8 Å². The Morgan fingerprint density at radius 3 is 2.26 bits per heavy atom. The number of aromatic amines is 2. The molecule has 0 radical (unpaired) electrons. The molecule has 3 N–H and O–H groups in total. The van der Waals surface area contributed by atoms with Gasteiger partial charge in [-0.25, -0.2) is 9.97 Å². The fraction of sp³-hybridized carbons (Fsp3) is 0.312. The van der Waals surface area contributed by atoms with E-state index in [4.69, 9.17) is 9.90 Å². The van der Waals surface area contributed by atoms with Crippen LogP contribution in [-0.2, 0) is 20.8 Å². The molecule has 0 saturated carbocycles. The van der Waals surface area contributed by atoms with Gasteiger partial charge in [-0.15, -0.1) is 0 Å². The van der Waals surface area contributed by atoms with Crippen molar-refractivity contribution in [2.75, 3.05) is 0 Å². The zero-order valence-electron chi connectivity index (χ0n) is 23.3. The summed E-state index contributed by atoms with van der Waals surface area (Å²) >= 11 is 0. The Morgan fingerprint density at radius 2 is 1.60 bits per heavy atom. The van der Waals surface area contributed by atoms with Crippen molar-refractivity contribution in [3.63, 3.8) is 0 Å². The number of Topliss-reactive ketones (excluding diaryl/α,β-unsaturated/α-hetero) is 1. The van der Waals surface area contributed by atoms with Gasteiger partial charge in [0.2, 0.25) is 5.91 Å². The second-order valence-electron chi connectivity index (χ2n) is 9.86. The number of carbonyl (C=O) groups excluding carboxylic acids is 3. The van der Waals surface area contributed by atoms with E-state index >= 15 is 0 Å². The quantitative estimate of drug-likeness (QED) is 0.222. The van der Waals surface area contributed by atoms with Gasteiger partial charge >= 0.3 is 6.18 Å². The maximum atomic E-state index is 12.9. The number of fused-ring (bicyclic) bond motifs is 1. The monoisotopic (exact) mass is 581 g/mol. The van der Waals surface area contributed by atoms with Gasteiger partial charge in [0, 0.05) is 18.4 Å². The number of imidazole rings is 1. The molecule has 1 aromatic heterocycles. The number of carbonyl (C=O) groups is 3. The van der Waals surface area contributed by atoms with Crippen molar-refractivity contribution in [2.24, 2.45) is 0 Å². The lowest BCUT2D eigenvalue weighted by molar-refractivity contribution is -0.391. The van der Waals surface area contributed by atoms with Gasteiger partial charge in [0.25, 0.3) is 5.82 Å². The lowest BCUT2D eigenvalue weighted by Crippen LogP contribution is -2.37. The topological polar surface area (TPSA) is 116 Å². The molecule has 42 heavy (non-hydrogen) atoms. The normalized spacial score (nSPS) is 11.8. The van der Waals surface area contributed by atoms with Gasteiger partial charge in [0.15, 0.2) is 5.69 Å². The summed E-state index contributed by atoms with van der Waals surface area (Å²) in [6.45, 7) is 1.91. The van der Waals surface area contributed by atoms with Gasteiger partial charge in [-0.2, -0.15) is 13.2 Å². The molecule has 0 unspecified atom stereocenters. The molecule has 0 aliphatic heterocycles. The number of H-pyrrole nitrogens is 2. The number of nitrogens with one attached hydrogen (secondary N) is 3. The largest absolute Gasteiger partial charge is 0.542 e. The molecular weight excluding hydrogens is 547 g/mol. The molecule has 1 heterocycles. The first-order valence-electron chi connectivity index (χ1n) is 13.8. The number of aromatic nitrogens is 2. The van der Waals surface area contributed by atoms with Gasteiger partial charge in [0.05, 0.1) is 6.42 Å². The zero-order chi connectivity index (χ0) is 30.5. The highest BCUT2D eigenvalue weighted by molar-refractivity contribution is 5.86. The third-order valence-electron chi connectivity index (χ3n) is 6.67. The SMILES string of the molecule is CCC(=O)CCCCC[C@H](NC(=O)Cc1ccccc1)c1[nH]c(-c2ccc3ccccc3c2)c[nH+]1.O=C([O-])C(F)(F)F. The number of ketones is 1. The van der Waals surface area contributed by atoms with Crippen molar-refractivity contribution in [1.29, 1.82) is 0 Å². The van der Waals surface area contributed by atoms with Crippen molar-refractivity contribution in [1.82, 2.24) is 10.3 Å². The fourth-order valence-electron chi connectivity index (χ4n) is 4.41. The molecule has 0 aliphatic rings. The molecule has 0 aliphatic carbocycles. The molecule has 4 rings (SSSR count). The maximum Gasteiger partial charge on any atom is 0.430 e. The average Bonchev–Trinajstić information content (AvgIpc) is 3.47. The molecular formula is C32H34F3N3O4. The van der Waals surface area contributed by atoms with Crippen LogP contribution in [0, 0.1) is 0 Å². The average molecular weight is 582 g/mol. The van der Waals surface area contributed by atoms with Crippen LogP contribution in [0.4, 0.5) is 13.2 Å². The Hall–Kier alpha value is -4.47. The van der Waals surface area contributed by atoms with E-state index in [0.29, 0.717) is 25.0 Å². The van der Waals surface area contributed by atoms with Gasteiger partial charge in [-0.3, -0.25) is 9.59 Å². The molecule has 0 saturated heterocycles. The number of rotatable bonds is 12. The van der Waals surface area contributed by atoms with Crippen LogP contribution < -0.4 is 15.4 Å². The first-order chi connectivity index (χ1) is 20.1. The van der Waals surface area contributed by atoms with Crippen molar-refractivity contribution in [2.45, 2.75) is 64.1 Å².